The first-order valence-corrected chi connectivity index (χ1v) is 9.22. The molecule has 0 radical (unpaired) electrons. The van der Waals surface area contributed by atoms with Crippen molar-refractivity contribution in [2.45, 2.75) is 45.1 Å². The molecule has 1 fully saturated rings. The number of ether oxygens (including phenoxy) is 2. The Morgan fingerprint density at radius 2 is 2.04 bits per heavy atom. The predicted molar refractivity (Wildman–Crippen MR) is 101 cm³/mol. The van der Waals surface area contributed by atoms with Crippen LogP contribution in [0.5, 0.6) is 11.5 Å². The normalized spacial score (nSPS) is 14.4. The van der Waals surface area contributed by atoms with Gasteiger partial charge in [-0.2, -0.15) is 5.10 Å². The van der Waals surface area contributed by atoms with Crippen LogP contribution in [-0.2, 0) is 11.3 Å². The van der Waals surface area contributed by atoms with E-state index in [4.69, 9.17) is 9.47 Å². The summed E-state index contributed by atoms with van der Waals surface area (Å²) in [5.41, 5.74) is 0.942. The summed E-state index contributed by atoms with van der Waals surface area (Å²) in [7, 11) is 3.24. The highest BCUT2D eigenvalue weighted by Gasteiger charge is 2.17. The second kappa shape index (κ2) is 8.74. The maximum Gasteiger partial charge on any atom is 0.225 e. The number of hydrogen-bond donors (Lipinski definition) is 1. The van der Waals surface area contributed by atoms with E-state index in [9.17, 15) is 4.79 Å². The molecule has 0 saturated heterocycles. The van der Waals surface area contributed by atoms with Crippen LogP contribution < -0.4 is 14.8 Å². The Bertz CT molecular complexity index is 736. The molecule has 6 nitrogen and oxygen atoms in total. The van der Waals surface area contributed by atoms with Gasteiger partial charge < -0.3 is 14.8 Å². The van der Waals surface area contributed by atoms with E-state index in [1.54, 1.807) is 25.1 Å². The second-order valence-electron chi connectivity index (χ2n) is 6.76. The van der Waals surface area contributed by atoms with Gasteiger partial charge in [0.05, 0.1) is 27.0 Å². The Labute approximate surface area is 154 Å². The number of anilines is 1. The van der Waals surface area contributed by atoms with Crippen molar-refractivity contribution < 1.29 is 14.3 Å². The summed E-state index contributed by atoms with van der Waals surface area (Å²) < 4.78 is 12.6. The molecule has 1 aromatic heterocycles. The van der Waals surface area contributed by atoms with Crippen molar-refractivity contribution in [3.63, 3.8) is 0 Å². The van der Waals surface area contributed by atoms with Crippen molar-refractivity contribution in [1.29, 1.82) is 0 Å². The molecule has 6 heteroatoms. The number of hydrogen-bond acceptors (Lipinski definition) is 4. The van der Waals surface area contributed by atoms with Gasteiger partial charge >= 0.3 is 0 Å². The van der Waals surface area contributed by atoms with Crippen LogP contribution in [0, 0.1) is 5.92 Å². The Morgan fingerprint density at radius 3 is 2.77 bits per heavy atom. The van der Waals surface area contributed by atoms with E-state index < -0.39 is 0 Å². The van der Waals surface area contributed by atoms with Crippen molar-refractivity contribution >= 4 is 11.7 Å². The summed E-state index contributed by atoms with van der Waals surface area (Å²) in [4.78, 5) is 12.3. The smallest absolute Gasteiger partial charge is 0.225 e. The van der Waals surface area contributed by atoms with E-state index in [1.807, 2.05) is 24.3 Å². The third kappa shape index (κ3) is 4.36. The van der Waals surface area contributed by atoms with Crippen LogP contribution in [-0.4, -0.2) is 29.9 Å². The van der Waals surface area contributed by atoms with Crippen LogP contribution in [0.4, 0.5) is 5.82 Å². The maximum atomic E-state index is 12.3. The van der Waals surface area contributed by atoms with Crippen molar-refractivity contribution in [2.75, 3.05) is 19.5 Å². The van der Waals surface area contributed by atoms with E-state index in [1.165, 1.54) is 25.7 Å². The van der Waals surface area contributed by atoms with Crippen molar-refractivity contribution in [3.8, 4) is 11.5 Å². The number of benzene rings is 1. The molecule has 1 amide bonds. The number of amides is 1. The van der Waals surface area contributed by atoms with Gasteiger partial charge in [0.15, 0.2) is 11.5 Å². The van der Waals surface area contributed by atoms with E-state index in [2.05, 4.69) is 10.4 Å². The van der Waals surface area contributed by atoms with E-state index in [0.29, 0.717) is 36.2 Å². The van der Waals surface area contributed by atoms with E-state index in [0.717, 1.165) is 12.0 Å². The molecule has 0 spiro atoms. The third-order valence-corrected chi connectivity index (χ3v) is 5.04. The van der Waals surface area contributed by atoms with Crippen molar-refractivity contribution in [2.24, 2.45) is 5.92 Å². The maximum absolute atomic E-state index is 12.3. The van der Waals surface area contributed by atoms with Crippen LogP contribution in [0.2, 0.25) is 0 Å². The Morgan fingerprint density at radius 1 is 1.23 bits per heavy atom. The minimum atomic E-state index is 0.0521. The molecular weight excluding hydrogens is 330 g/mol. The van der Waals surface area contributed by atoms with Crippen LogP contribution >= 0.6 is 0 Å². The van der Waals surface area contributed by atoms with Gasteiger partial charge in [-0.1, -0.05) is 37.8 Å². The fraction of sp³-hybridized carbons (Fsp3) is 0.500. The number of aromatic nitrogens is 2. The molecule has 0 unspecified atom stereocenters. The lowest BCUT2D eigenvalue weighted by Crippen LogP contribution is -2.17. The van der Waals surface area contributed by atoms with Gasteiger partial charge in [0, 0.05) is 18.1 Å². The van der Waals surface area contributed by atoms with Crippen LogP contribution in [0.3, 0.4) is 0 Å². The molecule has 140 valence electrons. The zero-order valence-corrected chi connectivity index (χ0v) is 15.5. The number of methoxy groups -OCH3 is 2. The monoisotopic (exact) mass is 357 g/mol. The van der Waals surface area contributed by atoms with Crippen LogP contribution in [0.15, 0.2) is 30.5 Å². The van der Waals surface area contributed by atoms with Gasteiger partial charge in [-0.3, -0.25) is 4.79 Å². The average molecular weight is 357 g/mol. The SMILES string of the molecule is COc1cccc(Cn2nccc2NC(=O)CCC2CCCC2)c1OC. The molecule has 0 atom stereocenters. The predicted octanol–water partition coefficient (Wildman–Crippen LogP) is 3.86. The highest BCUT2D eigenvalue weighted by molar-refractivity contribution is 5.89. The number of nitrogens with zero attached hydrogens (tertiary/aromatic N) is 2. The fourth-order valence-electron chi connectivity index (χ4n) is 3.64. The lowest BCUT2D eigenvalue weighted by atomic mass is 10.0. The van der Waals surface area contributed by atoms with Crippen molar-refractivity contribution in [1.82, 2.24) is 9.78 Å². The van der Waals surface area contributed by atoms with Gasteiger partial charge in [0.1, 0.15) is 5.82 Å². The topological polar surface area (TPSA) is 65.4 Å². The molecule has 1 N–H and O–H groups in total. The number of nitrogens with one attached hydrogen (secondary N) is 1. The number of para-hydroxylation sites is 1. The Balaban J connectivity index is 1.64. The zero-order valence-electron chi connectivity index (χ0n) is 15.5. The third-order valence-electron chi connectivity index (χ3n) is 5.04. The standard InChI is InChI=1S/C20H27N3O3/c1-25-17-9-5-8-16(20(17)26-2)14-23-18(12-13-21-23)22-19(24)11-10-15-6-3-4-7-15/h5,8-9,12-13,15H,3-4,6-7,10-11,14H2,1-2H3,(H,22,24). The first kappa shape index (κ1) is 18.3. The number of carbonyl (C=O) groups excluding carboxylic acids is 1. The molecule has 3 rings (SSSR count). The van der Waals surface area contributed by atoms with Gasteiger partial charge in [-0.05, 0) is 18.4 Å². The molecule has 1 aromatic carbocycles. The summed E-state index contributed by atoms with van der Waals surface area (Å²) in [6.45, 7) is 0.492. The molecule has 0 aliphatic heterocycles. The summed E-state index contributed by atoms with van der Waals surface area (Å²) in [5.74, 6) is 2.83. The molecule has 1 saturated carbocycles. The van der Waals surface area contributed by atoms with Gasteiger partial charge in [-0.15, -0.1) is 0 Å². The van der Waals surface area contributed by atoms with Gasteiger partial charge in [-0.25, -0.2) is 4.68 Å². The molecule has 1 heterocycles. The lowest BCUT2D eigenvalue weighted by molar-refractivity contribution is -0.116. The minimum absolute atomic E-state index is 0.0521. The molecule has 2 aromatic rings. The summed E-state index contributed by atoms with van der Waals surface area (Å²) in [6.07, 6.45) is 8.38. The fourth-order valence-corrected chi connectivity index (χ4v) is 3.64. The second-order valence-corrected chi connectivity index (χ2v) is 6.76. The molecule has 1 aliphatic carbocycles. The molecule has 0 bridgehead atoms. The number of rotatable bonds is 8. The summed E-state index contributed by atoms with van der Waals surface area (Å²) >= 11 is 0. The van der Waals surface area contributed by atoms with Gasteiger partial charge in [0.25, 0.3) is 0 Å². The summed E-state index contributed by atoms with van der Waals surface area (Å²) in [6, 6.07) is 7.56. The first-order chi connectivity index (χ1) is 12.7. The summed E-state index contributed by atoms with van der Waals surface area (Å²) in [5, 5.41) is 7.33. The molecule has 26 heavy (non-hydrogen) atoms. The van der Waals surface area contributed by atoms with Gasteiger partial charge in [0.2, 0.25) is 5.91 Å². The minimum Gasteiger partial charge on any atom is -0.493 e. The first-order valence-electron chi connectivity index (χ1n) is 9.22. The van der Waals surface area contributed by atoms with E-state index in [-0.39, 0.29) is 5.91 Å². The van der Waals surface area contributed by atoms with Crippen LogP contribution in [0.25, 0.3) is 0 Å². The lowest BCUT2D eigenvalue weighted by Gasteiger charge is -2.14. The Kier molecular flexibility index (Phi) is 6.15. The molecular formula is C20H27N3O3. The number of carbonyl (C=O) groups is 1. The zero-order chi connectivity index (χ0) is 18.4. The average Bonchev–Trinajstić information content (AvgIpc) is 3.32. The highest BCUT2D eigenvalue weighted by atomic mass is 16.5. The van der Waals surface area contributed by atoms with Crippen molar-refractivity contribution in [3.05, 3.63) is 36.0 Å². The molecule has 1 aliphatic rings. The van der Waals surface area contributed by atoms with Crippen LogP contribution in [0.1, 0.15) is 44.1 Å². The Hall–Kier alpha value is -2.50. The quantitative estimate of drug-likeness (QED) is 0.779. The highest BCUT2D eigenvalue weighted by Crippen LogP contribution is 2.32. The largest absolute Gasteiger partial charge is 0.493 e. The van der Waals surface area contributed by atoms with E-state index >= 15 is 0 Å².